The van der Waals surface area contributed by atoms with Crippen molar-refractivity contribution in [3.8, 4) is 17.2 Å². The highest BCUT2D eigenvalue weighted by Crippen LogP contribution is 2.38. The van der Waals surface area contributed by atoms with Gasteiger partial charge >= 0.3 is 0 Å². The van der Waals surface area contributed by atoms with Crippen molar-refractivity contribution in [3.05, 3.63) is 83.6 Å². The summed E-state index contributed by atoms with van der Waals surface area (Å²) in [6, 6.07) is 15.8. The summed E-state index contributed by atoms with van der Waals surface area (Å²) in [7, 11) is 4.60. The Balaban J connectivity index is 1.56. The lowest BCUT2D eigenvalue weighted by atomic mass is 10.1. The second-order valence-electron chi connectivity index (χ2n) is 6.88. The summed E-state index contributed by atoms with van der Waals surface area (Å²) in [6.07, 6.45) is 4.69. The molecule has 0 aliphatic heterocycles. The molecule has 2 amide bonds. The van der Waals surface area contributed by atoms with Crippen molar-refractivity contribution in [1.29, 1.82) is 0 Å². The molecule has 1 heterocycles. The predicted octanol–water partition coefficient (Wildman–Crippen LogP) is 3.69. The molecule has 3 aromatic rings. The fraction of sp³-hybridized carbons (Fsp3) is 0.160. The zero-order chi connectivity index (χ0) is 23.6. The number of nitrogens with one attached hydrogen (secondary N) is 2. The number of rotatable bonds is 9. The Labute approximate surface area is 192 Å². The molecule has 1 aromatic heterocycles. The van der Waals surface area contributed by atoms with Crippen molar-refractivity contribution < 1.29 is 23.8 Å². The minimum Gasteiger partial charge on any atom is -0.493 e. The first-order chi connectivity index (χ1) is 16.0. The second kappa shape index (κ2) is 11.3. The summed E-state index contributed by atoms with van der Waals surface area (Å²) in [6.45, 7) is 0.320. The maximum Gasteiger partial charge on any atom is 0.256 e. The molecule has 0 aliphatic rings. The number of carbonyl (C=O) groups excluding carboxylic acids is 2. The van der Waals surface area contributed by atoms with Gasteiger partial charge in [-0.1, -0.05) is 18.2 Å². The highest BCUT2D eigenvalue weighted by Gasteiger charge is 2.12. The van der Waals surface area contributed by atoms with Crippen LogP contribution in [-0.2, 0) is 11.3 Å². The number of pyridine rings is 1. The summed E-state index contributed by atoms with van der Waals surface area (Å²) in [5, 5.41) is 5.54. The Morgan fingerprint density at radius 1 is 0.939 bits per heavy atom. The monoisotopic (exact) mass is 447 g/mol. The van der Waals surface area contributed by atoms with E-state index in [1.165, 1.54) is 27.4 Å². The average molecular weight is 447 g/mol. The lowest BCUT2D eigenvalue weighted by Crippen LogP contribution is -2.20. The van der Waals surface area contributed by atoms with E-state index in [0.29, 0.717) is 35.2 Å². The van der Waals surface area contributed by atoms with E-state index in [1.807, 2.05) is 0 Å². The number of aromatic nitrogens is 1. The van der Waals surface area contributed by atoms with Crippen LogP contribution in [0.3, 0.4) is 0 Å². The quantitative estimate of drug-likeness (QED) is 0.486. The molecule has 0 saturated carbocycles. The van der Waals surface area contributed by atoms with Crippen LogP contribution in [0, 0.1) is 0 Å². The summed E-state index contributed by atoms with van der Waals surface area (Å²) < 4.78 is 15.9. The number of ether oxygens (including phenoxy) is 3. The molecule has 0 atom stereocenters. The molecule has 2 aromatic carbocycles. The van der Waals surface area contributed by atoms with Crippen LogP contribution in [0.15, 0.2) is 66.9 Å². The molecule has 0 radical (unpaired) electrons. The second-order valence-corrected chi connectivity index (χ2v) is 6.88. The van der Waals surface area contributed by atoms with E-state index in [-0.39, 0.29) is 11.8 Å². The molecule has 0 unspecified atom stereocenters. The third-order valence-electron chi connectivity index (χ3n) is 4.70. The van der Waals surface area contributed by atoms with Gasteiger partial charge in [-0.2, -0.15) is 0 Å². The smallest absolute Gasteiger partial charge is 0.256 e. The van der Waals surface area contributed by atoms with Crippen molar-refractivity contribution in [3.63, 3.8) is 0 Å². The zero-order valence-electron chi connectivity index (χ0n) is 18.6. The number of methoxy groups -OCH3 is 3. The van der Waals surface area contributed by atoms with Crippen molar-refractivity contribution in [2.75, 3.05) is 26.6 Å². The molecule has 2 N–H and O–H groups in total. The molecule has 170 valence electrons. The number of hydrogen-bond acceptors (Lipinski definition) is 6. The lowest BCUT2D eigenvalue weighted by molar-refractivity contribution is -0.116. The van der Waals surface area contributed by atoms with E-state index < -0.39 is 0 Å². The van der Waals surface area contributed by atoms with E-state index in [9.17, 15) is 9.59 Å². The van der Waals surface area contributed by atoms with Gasteiger partial charge in [0.1, 0.15) is 5.82 Å². The standard InChI is InChI=1S/C25H25N3O5/c1-31-20-14-18(15-21(32-2)24(20)33-3)9-12-23(29)27-16-17-7-10-19(11-8-17)25(30)28-22-6-4-5-13-26-22/h4-15H,16H2,1-3H3,(H,27,29)(H,26,28,30)/b12-9+. The summed E-state index contributed by atoms with van der Waals surface area (Å²) in [4.78, 5) is 28.6. The Hall–Kier alpha value is -4.33. The fourth-order valence-electron chi connectivity index (χ4n) is 3.02. The highest BCUT2D eigenvalue weighted by atomic mass is 16.5. The number of hydrogen-bond donors (Lipinski definition) is 2. The van der Waals surface area contributed by atoms with E-state index in [2.05, 4.69) is 15.6 Å². The van der Waals surface area contributed by atoms with Gasteiger partial charge in [0, 0.05) is 24.4 Å². The number of anilines is 1. The third-order valence-corrected chi connectivity index (χ3v) is 4.70. The Morgan fingerprint density at radius 2 is 1.64 bits per heavy atom. The van der Waals surface area contributed by atoms with E-state index in [4.69, 9.17) is 14.2 Å². The van der Waals surface area contributed by atoms with Crippen LogP contribution in [0.1, 0.15) is 21.5 Å². The minimum absolute atomic E-state index is 0.252. The van der Waals surface area contributed by atoms with E-state index >= 15 is 0 Å². The SMILES string of the molecule is COc1cc(/C=C/C(=O)NCc2ccc(C(=O)Nc3ccccn3)cc2)cc(OC)c1OC. The number of nitrogens with zero attached hydrogens (tertiary/aromatic N) is 1. The molecule has 8 heteroatoms. The van der Waals surface area contributed by atoms with Gasteiger partial charge in [0.05, 0.1) is 21.3 Å². The van der Waals surface area contributed by atoms with Crippen LogP contribution in [-0.4, -0.2) is 38.1 Å². The van der Waals surface area contributed by atoms with Gasteiger partial charge < -0.3 is 24.8 Å². The first-order valence-electron chi connectivity index (χ1n) is 10.1. The molecule has 0 fully saturated rings. The van der Waals surface area contributed by atoms with E-state index in [0.717, 1.165) is 11.1 Å². The first kappa shape index (κ1) is 23.3. The number of benzene rings is 2. The van der Waals surface area contributed by atoms with Gasteiger partial charge in [-0.3, -0.25) is 9.59 Å². The molecule has 0 bridgehead atoms. The molecule has 3 rings (SSSR count). The zero-order valence-corrected chi connectivity index (χ0v) is 18.6. The summed E-state index contributed by atoms with van der Waals surface area (Å²) >= 11 is 0. The van der Waals surface area contributed by atoms with Crippen LogP contribution >= 0.6 is 0 Å². The van der Waals surface area contributed by atoms with Gasteiger partial charge in [0.2, 0.25) is 11.7 Å². The Morgan fingerprint density at radius 3 is 2.21 bits per heavy atom. The summed E-state index contributed by atoms with van der Waals surface area (Å²) in [5.41, 5.74) is 2.08. The molecule has 0 saturated heterocycles. The average Bonchev–Trinajstić information content (AvgIpc) is 2.86. The van der Waals surface area contributed by atoms with Gasteiger partial charge in [-0.15, -0.1) is 0 Å². The molecule has 8 nitrogen and oxygen atoms in total. The molecule has 0 aliphatic carbocycles. The maximum atomic E-state index is 12.3. The van der Waals surface area contributed by atoms with Crippen molar-refractivity contribution in [2.45, 2.75) is 6.54 Å². The molecular weight excluding hydrogens is 422 g/mol. The summed E-state index contributed by atoms with van der Waals surface area (Å²) in [5.74, 6) is 1.46. The maximum absolute atomic E-state index is 12.3. The van der Waals surface area contributed by atoms with Crippen molar-refractivity contribution >= 4 is 23.7 Å². The normalized spacial score (nSPS) is 10.5. The van der Waals surface area contributed by atoms with Crippen LogP contribution < -0.4 is 24.8 Å². The van der Waals surface area contributed by atoms with Crippen molar-refractivity contribution in [1.82, 2.24) is 10.3 Å². The third kappa shape index (κ3) is 6.33. The first-order valence-corrected chi connectivity index (χ1v) is 10.1. The Bertz CT molecular complexity index is 1100. The molecule has 33 heavy (non-hydrogen) atoms. The van der Waals surface area contributed by atoms with Crippen LogP contribution in [0.2, 0.25) is 0 Å². The van der Waals surface area contributed by atoms with Crippen molar-refractivity contribution in [2.24, 2.45) is 0 Å². The topological polar surface area (TPSA) is 98.8 Å². The van der Waals surface area contributed by atoms with Gasteiger partial charge in [-0.25, -0.2) is 4.98 Å². The van der Waals surface area contributed by atoms with Crippen LogP contribution in [0.4, 0.5) is 5.82 Å². The van der Waals surface area contributed by atoms with Crippen LogP contribution in [0.5, 0.6) is 17.2 Å². The minimum atomic E-state index is -0.263. The Kier molecular flexibility index (Phi) is 8.02. The van der Waals surface area contributed by atoms with Gasteiger partial charge in [0.25, 0.3) is 5.91 Å². The molecular formula is C25H25N3O5. The molecule has 0 spiro atoms. The van der Waals surface area contributed by atoms with Gasteiger partial charge in [0.15, 0.2) is 11.5 Å². The highest BCUT2D eigenvalue weighted by molar-refractivity contribution is 6.03. The van der Waals surface area contributed by atoms with Gasteiger partial charge in [-0.05, 0) is 53.6 Å². The van der Waals surface area contributed by atoms with Crippen LogP contribution in [0.25, 0.3) is 6.08 Å². The largest absolute Gasteiger partial charge is 0.493 e. The van der Waals surface area contributed by atoms with E-state index in [1.54, 1.807) is 66.9 Å². The lowest BCUT2D eigenvalue weighted by Gasteiger charge is -2.12. The number of amides is 2. The predicted molar refractivity (Wildman–Crippen MR) is 126 cm³/mol. The fourth-order valence-corrected chi connectivity index (χ4v) is 3.02. The number of carbonyl (C=O) groups is 2.